The van der Waals surface area contributed by atoms with Crippen molar-refractivity contribution < 1.29 is 35.4 Å². The third-order valence-corrected chi connectivity index (χ3v) is 15.4. The molecular formula is C30H58IN8O3S-. The average Bonchev–Trinajstić information content (AvgIpc) is 3.50. The molecule has 11 nitrogen and oxygen atoms in total. The molecule has 5 aliphatic rings. The van der Waals surface area contributed by atoms with Crippen LogP contribution in [0.1, 0.15) is 65.7 Å². The van der Waals surface area contributed by atoms with Crippen LogP contribution >= 0.6 is 10.3 Å². The number of nitrogens with two attached hydrogens (primary N) is 1. The number of nitrogens with zero attached hydrogens (tertiary/aromatic N) is 3. The van der Waals surface area contributed by atoms with E-state index in [1.54, 1.807) is 5.01 Å². The molecule has 0 aromatic carbocycles. The quantitative estimate of drug-likeness (QED) is 0.0634. The Labute approximate surface area is 272 Å². The van der Waals surface area contributed by atoms with Crippen molar-refractivity contribution >= 4 is 10.3 Å². The third-order valence-electron chi connectivity index (χ3n) is 10.0. The second-order valence-electron chi connectivity index (χ2n) is 13.9. The van der Waals surface area contributed by atoms with Gasteiger partial charge in [-0.2, -0.15) is 0 Å². The molecule has 4 aliphatic heterocycles. The molecule has 4 atom stereocenters. The summed E-state index contributed by atoms with van der Waals surface area (Å²) in [4.78, 5) is 2.64. The molecule has 5 fully saturated rings. The predicted octanol–water partition coefficient (Wildman–Crippen LogP) is -0.891. The fourth-order valence-corrected chi connectivity index (χ4v) is 9.29. The zero-order valence-electron chi connectivity index (χ0n) is 27.1. The van der Waals surface area contributed by atoms with E-state index >= 15 is 0 Å². The number of nitrogens with one attached hydrogen (secondary N) is 4. The van der Waals surface area contributed by atoms with Crippen molar-refractivity contribution in [2.45, 2.75) is 107 Å². The van der Waals surface area contributed by atoms with Crippen molar-refractivity contribution in [3.8, 4) is 0 Å². The van der Waals surface area contributed by atoms with Gasteiger partial charge in [-0.1, -0.05) is 0 Å². The molecule has 4 heterocycles. The molecule has 0 spiro atoms. The van der Waals surface area contributed by atoms with Gasteiger partial charge in [-0.15, -0.1) is 0 Å². The Bertz CT molecular complexity index is 948. The van der Waals surface area contributed by atoms with E-state index in [2.05, 4.69) is 73.8 Å². The van der Waals surface area contributed by atoms with Crippen molar-refractivity contribution in [3.63, 3.8) is 0 Å². The summed E-state index contributed by atoms with van der Waals surface area (Å²) >= 11 is -0.355. The molecule has 0 aromatic rings. The predicted molar refractivity (Wildman–Crippen MR) is 171 cm³/mol. The molecular weight excluding hydrogens is 679 g/mol. The second-order valence-corrected chi connectivity index (χ2v) is 19.5. The van der Waals surface area contributed by atoms with Crippen LogP contribution in [0.5, 0.6) is 0 Å². The van der Waals surface area contributed by atoms with E-state index in [0.29, 0.717) is 18.7 Å². The molecule has 250 valence electrons. The van der Waals surface area contributed by atoms with Crippen LogP contribution in [0.2, 0.25) is 0 Å². The van der Waals surface area contributed by atoms with E-state index < -0.39 is 10.3 Å². The zero-order valence-corrected chi connectivity index (χ0v) is 30.1. The van der Waals surface area contributed by atoms with Crippen LogP contribution in [0, 0.1) is 0 Å². The molecule has 1 saturated carbocycles. The summed E-state index contributed by atoms with van der Waals surface area (Å²) in [5.41, 5.74) is 2.07. The molecule has 4 saturated heterocycles. The molecule has 0 bridgehead atoms. The number of ether oxygens (including phenoxy) is 2. The standard InChI is InChI=1S/C30H58IN8O3S/c1-22(21-42-43(5,6)30(2,3)4)25(20-38(32)27-9-7-8-16-41-27)26-19-33-28(29-35-31-36-39(26)29)34-23-10-12-24(13-11-23)37-14-17-40-18-15-37/h20,23-24,26-29,33-36H,1,7-19,21,32H2,2-6H3/q-1/b25-20+. The van der Waals surface area contributed by atoms with Crippen LogP contribution in [0.25, 0.3) is 0 Å². The number of morpholine rings is 1. The molecule has 0 amide bonds. The summed E-state index contributed by atoms with van der Waals surface area (Å²) < 4.78 is 25.8. The van der Waals surface area contributed by atoms with Crippen LogP contribution in [0.15, 0.2) is 23.9 Å². The van der Waals surface area contributed by atoms with Gasteiger partial charge in [0.25, 0.3) is 0 Å². The maximum atomic E-state index is 6.66. The first-order valence-corrected chi connectivity index (χ1v) is 20.7. The molecule has 0 radical (unpaired) electrons. The van der Waals surface area contributed by atoms with Gasteiger partial charge in [0, 0.05) is 0 Å². The van der Waals surface area contributed by atoms with Crippen molar-refractivity contribution in [1.82, 2.24) is 32.7 Å². The van der Waals surface area contributed by atoms with E-state index in [4.69, 9.17) is 19.5 Å². The van der Waals surface area contributed by atoms with Gasteiger partial charge in [-0.3, -0.25) is 0 Å². The van der Waals surface area contributed by atoms with Gasteiger partial charge < -0.3 is 0 Å². The Morgan fingerprint density at radius 1 is 1.14 bits per heavy atom. The van der Waals surface area contributed by atoms with E-state index in [1.807, 2.05) is 0 Å². The Balaban J connectivity index is 1.25. The third kappa shape index (κ3) is 8.66. The minimum atomic E-state index is -1.29. The Morgan fingerprint density at radius 3 is 2.56 bits per heavy atom. The van der Waals surface area contributed by atoms with Gasteiger partial charge in [0.2, 0.25) is 0 Å². The number of halogens is 1. The number of rotatable bonds is 10. The maximum absolute atomic E-state index is 6.66. The summed E-state index contributed by atoms with van der Waals surface area (Å²) in [5, 5.41) is 12.1. The molecule has 13 heteroatoms. The number of hydrogen-bond acceptors (Lipinski definition) is 11. The van der Waals surface area contributed by atoms with E-state index in [1.165, 1.54) is 25.7 Å². The van der Waals surface area contributed by atoms with Crippen molar-refractivity contribution in [2.24, 2.45) is 5.84 Å². The molecule has 5 rings (SSSR count). The molecule has 6 N–H and O–H groups in total. The van der Waals surface area contributed by atoms with E-state index in [0.717, 1.165) is 69.9 Å². The van der Waals surface area contributed by atoms with Gasteiger partial charge in [-0.25, -0.2) is 0 Å². The van der Waals surface area contributed by atoms with Crippen molar-refractivity contribution in [1.29, 1.82) is 0 Å². The first-order chi connectivity index (χ1) is 20.5. The Kier molecular flexibility index (Phi) is 12.2. The number of hydrogen-bond donors (Lipinski definition) is 5. The molecule has 43 heavy (non-hydrogen) atoms. The SMILES string of the molecule is C=C(COS(C)(C)C(C)(C)C)/C(=C\N(N)C1CCCCO1)C1CNC(NC2CCC(N3CCOCC3)CC2)C2N[I-]NN12. The van der Waals surface area contributed by atoms with Crippen LogP contribution < -0.4 is 45.4 Å². The number of piperazine rings is 1. The zero-order chi connectivity index (χ0) is 30.6. The van der Waals surface area contributed by atoms with Crippen LogP contribution in [0.4, 0.5) is 0 Å². The van der Waals surface area contributed by atoms with Gasteiger partial charge in [0.1, 0.15) is 0 Å². The fourth-order valence-electron chi connectivity index (χ4n) is 6.47. The summed E-state index contributed by atoms with van der Waals surface area (Å²) in [7, 11) is -1.29. The van der Waals surface area contributed by atoms with Crippen molar-refractivity contribution in [2.75, 3.05) is 58.6 Å². The molecule has 4 unspecified atom stereocenters. The van der Waals surface area contributed by atoms with Gasteiger partial charge in [-0.05, 0) is 0 Å². The molecule has 1 aliphatic carbocycles. The summed E-state index contributed by atoms with van der Waals surface area (Å²) in [6, 6.07) is 1.30. The Hall–Kier alpha value is -0.0400. The van der Waals surface area contributed by atoms with Crippen LogP contribution in [-0.2, 0) is 13.7 Å². The fraction of sp³-hybridized carbons (Fsp3) is 0.867. The summed E-state index contributed by atoms with van der Waals surface area (Å²) in [6.45, 7) is 17.3. The normalized spacial score (nSPS) is 34.3. The Morgan fingerprint density at radius 2 is 1.88 bits per heavy atom. The van der Waals surface area contributed by atoms with Gasteiger partial charge in [0.05, 0.1) is 0 Å². The first kappa shape index (κ1) is 34.3. The minimum absolute atomic E-state index is 0.0632. The second kappa shape index (κ2) is 15.2. The van der Waals surface area contributed by atoms with Crippen LogP contribution in [0.3, 0.4) is 0 Å². The average molecular weight is 738 g/mol. The van der Waals surface area contributed by atoms with E-state index in [-0.39, 0.29) is 51.1 Å². The van der Waals surface area contributed by atoms with E-state index in [9.17, 15) is 0 Å². The summed E-state index contributed by atoms with van der Waals surface area (Å²) in [6.07, 6.45) is 14.9. The van der Waals surface area contributed by atoms with Gasteiger partial charge in [0.15, 0.2) is 0 Å². The van der Waals surface area contributed by atoms with Gasteiger partial charge >= 0.3 is 274 Å². The van der Waals surface area contributed by atoms with Crippen molar-refractivity contribution in [3.05, 3.63) is 23.9 Å². The first-order valence-electron chi connectivity index (χ1n) is 16.2. The number of fused-ring (bicyclic) bond motifs is 1. The monoisotopic (exact) mass is 737 g/mol. The topological polar surface area (TPSA) is 112 Å². The number of hydrazine groups is 2. The summed E-state index contributed by atoms with van der Waals surface area (Å²) in [5.74, 6) is 6.66. The molecule has 0 aromatic heterocycles. The van der Waals surface area contributed by atoms with Crippen LogP contribution in [-0.4, -0.2) is 115 Å².